The van der Waals surface area contributed by atoms with E-state index in [1.165, 1.54) is 17.9 Å². The second kappa shape index (κ2) is 9.57. The summed E-state index contributed by atoms with van der Waals surface area (Å²) in [7, 11) is 3.22. The van der Waals surface area contributed by atoms with Crippen LogP contribution in [-0.2, 0) is 17.9 Å². The van der Waals surface area contributed by atoms with Crippen LogP contribution in [0.3, 0.4) is 0 Å². The second-order valence-electron chi connectivity index (χ2n) is 6.86. The van der Waals surface area contributed by atoms with E-state index < -0.39 is 0 Å². The summed E-state index contributed by atoms with van der Waals surface area (Å²) >= 11 is 0. The Morgan fingerprint density at radius 2 is 1.79 bits per heavy atom. The lowest BCUT2D eigenvalue weighted by molar-refractivity contribution is 0.182. The Bertz CT molecular complexity index is 884. The first-order chi connectivity index (χ1) is 13.6. The van der Waals surface area contributed by atoms with Crippen molar-refractivity contribution in [1.82, 2.24) is 14.5 Å². The number of rotatable bonds is 8. The monoisotopic (exact) mass is 388 g/mol. The van der Waals surface area contributed by atoms with Gasteiger partial charge < -0.3 is 19.4 Å². The van der Waals surface area contributed by atoms with Crippen molar-refractivity contribution in [3.05, 3.63) is 56.9 Å². The Morgan fingerprint density at radius 3 is 2.50 bits per heavy atom. The van der Waals surface area contributed by atoms with Crippen molar-refractivity contribution in [2.24, 2.45) is 0 Å². The fraction of sp³-hybridized carbons (Fsp3) is 0.500. The molecule has 0 spiro atoms. The van der Waals surface area contributed by atoms with Gasteiger partial charge in [-0.25, -0.2) is 4.79 Å². The SMILES string of the molecule is COCc1c[nH]c(=O)n(CCCN2CCN(c3ccccc3OC)CC2)c1=O. The van der Waals surface area contributed by atoms with Crippen molar-refractivity contribution in [3.8, 4) is 5.75 Å². The minimum atomic E-state index is -0.370. The van der Waals surface area contributed by atoms with Crippen LogP contribution in [-0.4, -0.2) is 61.4 Å². The summed E-state index contributed by atoms with van der Waals surface area (Å²) in [6.45, 7) is 5.16. The Hall–Kier alpha value is -2.58. The quantitative estimate of drug-likeness (QED) is 0.724. The summed E-state index contributed by atoms with van der Waals surface area (Å²) in [5.41, 5.74) is 0.947. The number of hydrogen-bond acceptors (Lipinski definition) is 6. The molecule has 0 aliphatic carbocycles. The zero-order valence-electron chi connectivity index (χ0n) is 16.5. The van der Waals surface area contributed by atoms with Crippen molar-refractivity contribution >= 4 is 5.69 Å². The maximum Gasteiger partial charge on any atom is 0.328 e. The molecular weight excluding hydrogens is 360 g/mol. The summed E-state index contributed by atoms with van der Waals surface area (Å²) < 4.78 is 11.7. The molecule has 152 valence electrons. The number of H-pyrrole nitrogens is 1. The predicted molar refractivity (Wildman–Crippen MR) is 108 cm³/mol. The van der Waals surface area contributed by atoms with Gasteiger partial charge in [0.25, 0.3) is 5.56 Å². The Labute approximate surface area is 164 Å². The highest BCUT2D eigenvalue weighted by atomic mass is 16.5. The highest BCUT2D eigenvalue weighted by molar-refractivity contribution is 5.58. The van der Waals surface area contributed by atoms with Crippen LogP contribution in [0.2, 0.25) is 0 Å². The molecule has 0 bridgehead atoms. The summed E-state index contributed by atoms with van der Waals surface area (Å²) in [5.74, 6) is 0.894. The summed E-state index contributed by atoms with van der Waals surface area (Å²) in [6, 6.07) is 8.07. The minimum absolute atomic E-state index is 0.195. The van der Waals surface area contributed by atoms with Gasteiger partial charge in [-0.15, -0.1) is 0 Å². The number of piperazine rings is 1. The number of anilines is 1. The molecule has 8 heteroatoms. The third-order valence-electron chi connectivity index (χ3n) is 5.09. The Morgan fingerprint density at radius 1 is 1.04 bits per heavy atom. The van der Waals surface area contributed by atoms with E-state index in [2.05, 4.69) is 20.9 Å². The molecule has 1 aliphatic heterocycles. The smallest absolute Gasteiger partial charge is 0.328 e. The van der Waals surface area contributed by atoms with Gasteiger partial charge in [-0.05, 0) is 25.1 Å². The van der Waals surface area contributed by atoms with Crippen molar-refractivity contribution < 1.29 is 9.47 Å². The van der Waals surface area contributed by atoms with Crippen LogP contribution in [0.25, 0.3) is 0 Å². The number of methoxy groups -OCH3 is 2. The van der Waals surface area contributed by atoms with E-state index in [4.69, 9.17) is 9.47 Å². The van der Waals surface area contributed by atoms with Crippen LogP contribution >= 0.6 is 0 Å². The highest BCUT2D eigenvalue weighted by Crippen LogP contribution is 2.28. The average Bonchev–Trinajstić information content (AvgIpc) is 2.73. The van der Waals surface area contributed by atoms with Gasteiger partial charge in [0.15, 0.2) is 0 Å². The molecule has 1 aromatic carbocycles. The molecule has 0 radical (unpaired) electrons. The molecule has 8 nitrogen and oxygen atoms in total. The van der Waals surface area contributed by atoms with Gasteiger partial charge in [-0.1, -0.05) is 12.1 Å². The molecule has 1 fully saturated rings. The van der Waals surface area contributed by atoms with Crippen molar-refractivity contribution in [2.75, 3.05) is 51.8 Å². The summed E-state index contributed by atoms with van der Waals surface area (Å²) in [6.07, 6.45) is 2.18. The first kappa shape index (κ1) is 20.2. The molecule has 0 atom stereocenters. The van der Waals surface area contributed by atoms with E-state index in [0.29, 0.717) is 12.1 Å². The number of aromatic amines is 1. The third-order valence-corrected chi connectivity index (χ3v) is 5.09. The molecule has 1 aromatic heterocycles. The van der Waals surface area contributed by atoms with E-state index in [9.17, 15) is 9.59 Å². The fourth-order valence-corrected chi connectivity index (χ4v) is 3.57. The van der Waals surface area contributed by atoms with Gasteiger partial charge in [0, 0.05) is 46.0 Å². The molecule has 0 saturated carbocycles. The second-order valence-corrected chi connectivity index (χ2v) is 6.86. The number of nitrogens with zero attached hydrogens (tertiary/aromatic N) is 3. The summed E-state index contributed by atoms with van der Waals surface area (Å²) in [5, 5.41) is 0. The topological polar surface area (TPSA) is 79.8 Å². The Kier molecular flexibility index (Phi) is 6.89. The van der Waals surface area contributed by atoms with E-state index in [1.807, 2.05) is 18.2 Å². The molecule has 2 aromatic rings. The lowest BCUT2D eigenvalue weighted by Gasteiger charge is -2.36. The van der Waals surface area contributed by atoms with Crippen LogP contribution in [0.1, 0.15) is 12.0 Å². The van der Waals surface area contributed by atoms with Crippen LogP contribution in [0.4, 0.5) is 5.69 Å². The number of aromatic nitrogens is 2. The number of nitrogens with one attached hydrogen (secondary N) is 1. The van der Waals surface area contributed by atoms with Crippen molar-refractivity contribution in [1.29, 1.82) is 0 Å². The number of ether oxygens (including phenoxy) is 2. The zero-order valence-corrected chi connectivity index (χ0v) is 16.5. The van der Waals surface area contributed by atoms with Crippen LogP contribution in [0, 0.1) is 0 Å². The van der Waals surface area contributed by atoms with Crippen molar-refractivity contribution in [3.63, 3.8) is 0 Å². The predicted octanol–water partition coefficient (Wildman–Crippen LogP) is 0.904. The number of para-hydroxylation sites is 2. The normalized spacial score (nSPS) is 15.0. The van der Waals surface area contributed by atoms with Gasteiger partial charge in [-0.3, -0.25) is 14.3 Å². The summed E-state index contributed by atoms with van der Waals surface area (Å²) in [4.78, 5) is 31.6. The maximum atomic E-state index is 12.4. The van der Waals surface area contributed by atoms with E-state index >= 15 is 0 Å². The molecular formula is C20H28N4O4. The van der Waals surface area contributed by atoms with Crippen molar-refractivity contribution in [2.45, 2.75) is 19.6 Å². The minimum Gasteiger partial charge on any atom is -0.495 e. The highest BCUT2D eigenvalue weighted by Gasteiger charge is 2.19. The molecule has 0 unspecified atom stereocenters. The molecule has 3 rings (SSSR count). The molecule has 0 amide bonds. The van der Waals surface area contributed by atoms with E-state index in [0.717, 1.165) is 50.6 Å². The molecule has 1 aliphatic rings. The largest absolute Gasteiger partial charge is 0.495 e. The van der Waals surface area contributed by atoms with Gasteiger partial charge in [0.05, 0.1) is 25.0 Å². The lowest BCUT2D eigenvalue weighted by atomic mass is 10.2. The first-order valence-corrected chi connectivity index (χ1v) is 9.54. The zero-order chi connectivity index (χ0) is 19.9. The van der Waals surface area contributed by atoms with E-state index in [1.54, 1.807) is 7.11 Å². The van der Waals surface area contributed by atoms with Crippen LogP contribution in [0.5, 0.6) is 5.75 Å². The molecule has 1 N–H and O–H groups in total. The molecule has 1 saturated heterocycles. The Balaban J connectivity index is 1.52. The molecule has 2 heterocycles. The number of benzene rings is 1. The van der Waals surface area contributed by atoms with Gasteiger partial charge in [-0.2, -0.15) is 0 Å². The van der Waals surface area contributed by atoms with Crippen LogP contribution < -0.4 is 20.9 Å². The fourth-order valence-electron chi connectivity index (χ4n) is 3.57. The van der Waals surface area contributed by atoms with Gasteiger partial charge >= 0.3 is 5.69 Å². The average molecular weight is 388 g/mol. The standard InChI is InChI=1S/C20H28N4O4/c1-27-15-16-14-21-20(26)24(19(16)25)9-5-8-22-10-12-23(13-11-22)17-6-3-4-7-18(17)28-2/h3-4,6-7,14H,5,8-13,15H2,1-2H3,(H,21,26). The van der Waals surface area contributed by atoms with Gasteiger partial charge in [0.2, 0.25) is 0 Å². The van der Waals surface area contributed by atoms with Gasteiger partial charge in [0.1, 0.15) is 5.75 Å². The lowest BCUT2D eigenvalue weighted by Crippen LogP contribution is -2.47. The first-order valence-electron chi connectivity index (χ1n) is 9.54. The third kappa shape index (κ3) is 4.63. The molecule has 28 heavy (non-hydrogen) atoms. The number of hydrogen-bond donors (Lipinski definition) is 1. The van der Waals surface area contributed by atoms with E-state index in [-0.39, 0.29) is 17.9 Å². The maximum absolute atomic E-state index is 12.4. The van der Waals surface area contributed by atoms with Crippen LogP contribution in [0.15, 0.2) is 40.1 Å².